The summed E-state index contributed by atoms with van der Waals surface area (Å²) in [7, 11) is 3.02. The van der Waals surface area contributed by atoms with Crippen LogP contribution in [0.4, 0.5) is 11.5 Å². The molecule has 0 saturated heterocycles. The van der Waals surface area contributed by atoms with Gasteiger partial charge in [0.05, 0.1) is 29.9 Å². The molecule has 0 radical (unpaired) electrons. The number of nitrogens with one attached hydrogen (secondary N) is 2. The number of ether oxygens (including phenoxy) is 1. The number of amides is 1. The highest BCUT2D eigenvalue weighted by molar-refractivity contribution is 6.09. The van der Waals surface area contributed by atoms with Crippen molar-refractivity contribution in [3.8, 4) is 0 Å². The molecule has 1 atom stereocenters. The minimum absolute atomic E-state index is 0.0827. The van der Waals surface area contributed by atoms with Crippen LogP contribution in [0.25, 0.3) is 10.9 Å². The summed E-state index contributed by atoms with van der Waals surface area (Å²) < 4.78 is 4.87. The Bertz CT molecular complexity index is 1370. The fourth-order valence-corrected chi connectivity index (χ4v) is 4.10. The lowest BCUT2D eigenvalue weighted by Gasteiger charge is -2.21. The number of carbonyl (C=O) groups excluding carboxylic acids is 2. The summed E-state index contributed by atoms with van der Waals surface area (Å²) in [5.74, 6) is -0.0232. The molecule has 1 heterocycles. The van der Waals surface area contributed by atoms with Crippen molar-refractivity contribution >= 4 is 40.0 Å². The smallest absolute Gasteiger partial charge is 0.340 e. The molecular weight excluding hydrogens is 472 g/mol. The maximum absolute atomic E-state index is 12.7. The Hall–Kier alpha value is -4.31. The monoisotopic (exact) mass is 502 g/mol. The topological polar surface area (TPSA) is 152 Å². The highest BCUT2D eigenvalue weighted by Gasteiger charge is 2.26. The molecule has 10 heteroatoms. The maximum Gasteiger partial charge on any atom is 0.340 e. The first kappa shape index (κ1) is 25.8. The van der Waals surface area contributed by atoms with Crippen LogP contribution in [-0.2, 0) is 9.53 Å². The Labute approximate surface area is 214 Å². The number of nitrogens with zero attached hydrogens (tertiary/aromatic N) is 3. The fourth-order valence-electron chi connectivity index (χ4n) is 4.10. The number of allylic oxidation sites excluding steroid dienone is 1. The molecule has 0 aliphatic heterocycles. The van der Waals surface area contributed by atoms with E-state index in [0.717, 1.165) is 24.1 Å². The number of para-hydroxylation sites is 1. The van der Waals surface area contributed by atoms with E-state index in [1.165, 1.54) is 13.4 Å². The number of rotatable bonds is 10. The summed E-state index contributed by atoms with van der Waals surface area (Å²) >= 11 is 0. The van der Waals surface area contributed by atoms with E-state index in [0.29, 0.717) is 40.3 Å². The summed E-state index contributed by atoms with van der Waals surface area (Å²) in [6, 6.07) is 12.1. The van der Waals surface area contributed by atoms with E-state index in [1.54, 1.807) is 37.4 Å². The number of carbonyl (C=O) groups is 2. The average molecular weight is 503 g/mol. The molecule has 1 aliphatic rings. The molecule has 0 spiro atoms. The van der Waals surface area contributed by atoms with Gasteiger partial charge in [-0.15, -0.1) is 0 Å². The number of aliphatic hydroxyl groups is 1. The molecule has 37 heavy (non-hydrogen) atoms. The van der Waals surface area contributed by atoms with E-state index >= 15 is 0 Å². The number of aliphatic imine (C=N–C) groups is 1. The van der Waals surface area contributed by atoms with Gasteiger partial charge in [-0.3, -0.25) is 9.79 Å². The molecule has 2 aromatic carbocycles. The summed E-state index contributed by atoms with van der Waals surface area (Å²) in [5, 5.41) is 16.6. The number of benzene rings is 2. The molecule has 10 nitrogen and oxygen atoms in total. The lowest BCUT2D eigenvalue weighted by molar-refractivity contribution is -0.112. The van der Waals surface area contributed by atoms with E-state index < -0.39 is 11.9 Å². The first-order valence-electron chi connectivity index (χ1n) is 12.0. The van der Waals surface area contributed by atoms with Gasteiger partial charge in [0.2, 0.25) is 0 Å². The van der Waals surface area contributed by atoms with Crippen molar-refractivity contribution in [2.45, 2.75) is 25.3 Å². The third kappa shape index (κ3) is 6.10. The summed E-state index contributed by atoms with van der Waals surface area (Å²) in [6.07, 6.45) is 5.50. The summed E-state index contributed by atoms with van der Waals surface area (Å²) in [6.45, 7) is -0.0827. The van der Waals surface area contributed by atoms with Crippen LogP contribution in [0.5, 0.6) is 0 Å². The van der Waals surface area contributed by atoms with Gasteiger partial charge in [-0.05, 0) is 55.2 Å². The first-order valence-corrected chi connectivity index (χ1v) is 12.0. The normalized spacial score (nSPS) is 14.8. The average Bonchev–Trinajstić information content (AvgIpc) is 3.76. The second-order valence-corrected chi connectivity index (χ2v) is 8.73. The molecule has 1 unspecified atom stereocenters. The van der Waals surface area contributed by atoms with Crippen LogP contribution < -0.4 is 16.4 Å². The zero-order valence-corrected chi connectivity index (χ0v) is 20.8. The molecular formula is C27H30N6O4. The molecule has 1 aromatic heterocycles. The number of methoxy groups -OCH3 is 1. The highest BCUT2D eigenvalue weighted by Crippen LogP contribution is 2.31. The van der Waals surface area contributed by atoms with E-state index in [9.17, 15) is 14.7 Å². The zero-order chi connectivity index (χ0) is 26.4. The van der Waals surface area contributed by atoms with Gasteiger partial charge >= 0.3 is 5.97 Å². The van der Waals surface area contributed by atoms with Crippen LogP contribution in [-0.4, -0.2) is 53.4 Å². The van der Waals surface area contributed by atoms with Gasteiger partial charge in [0.1, 0.15) is 12.1 Å². The summed E-state index contributed by atoms with van der Waals surface area (Å²) in [4.78, 5) is 37.7. The number of nitrogens with two attached hydrogens (primary N) is 1. The molecule has 0 bridgehead atoms. The SMILES string of the molecule is C/N=C(\C=C(/N)C(=O)Nc1cccc(C(CCO)Nc2ncnc3c(C(=O)OC)cccc23)c1)C1CC1. The number of anilines is 2. The van der Waals surface area contributed by atoms with E-state index in [1.807, 2.05) is 18.2 Å². The van der Waals surface area contributed by atoms with Gasteiger partial charge in [0.15, 0.2) is 0 Å². The van der Waals surface area contributed by atoms with Gasteiger partial charge in [-0.2, -0.15) is 0 Å². The predicted molar refractivity (Wildman–Crippen MR) is 142 cm³/mol. The van der Waals surface area contributed by atoms with Crippen molar-refractivity contribution in [3.05, 3.63) is 71.7 Å². The zero-order valence-electron chi connectivity index (χ0n) is 20.8. The first-order chi connectivity index (χ1) is 17.9. The Morgan fingerprint density at radius 1 is 1.24 bits per heavy atom. The van der Waals surface area contributed by atoms with Crippen LogP contribution in [0.15, 0.2) is 65.6 Å². The van der Waals surface area contributed by atoms with Crippen LogP contribution in [0.2, 0.25) is 0 Å². The number of aliphatic hydroxyl groups excluding tert-OH is 1. The van der Waals surface area contributed by atoms with Gasteiger partial charge in [-0.25, -0.2) is 14.8 Å². The molecule has 1 amide bonds. The minimum Gasteiger partial charge on any atom is -0.465 e. The van der Waals surface area contributed by atoms with Gasteiger partial charge in [0, 0.05) is 36.4 Å². The van der Waals surface area contributed by atoms with Crippen molar-refractivity contribution in [2.75, 3.05) is 31.4 Å². The van der Waals surface area contributed by atoms with Crippen molar-refractivity contribution in [1.82, 2.24) is 9.97 Å². The Morgan fingerprint density at radius 3 is 2.73 bits per heavy atom. The number of hydrogen-bond acceptors (Lipinski definition) is 9. The molecule has 5 N–H and O–H groups in total. The lowest BCUT2D eigenvalue weighted by Crippen LogP contribution is -2.22. The van der Waals surface area contributed by atoms with Gasteiger partial charge in [-0.1, -0.05) is 18.2 Å². The molecule has 192 valence electrons. The number of fused-ring (bicyclic) bond motifs is 1. The Balaban J connectivity index is 1.57. The maximum atomic E-state index is 12.7. The molecule has 1 aliphatic carbocycles. The number of hydrogen-bond donors (Lipinski definition) is 4. The quantitative estimate of drug-likeness (QED) is 0.187. The third-order valence-electron chi connectivity index (χ3n) is 6.17. The predicted octanol–water partition coefficient (Wildman–Crippen LogP) is 3.21. The van der Waals surface area contributed by atoms with E-state index in [2.05, 4.69) is 25.6 Å². The molecule has 4 rings (SSSR count). The summed E-state index contributed by atoms with van der Waals surface area (Å²) in [5.41, 5.74) is 9.12. The van der Waals surface area contributed by atoms with Gasteiger partial charge < -0.3 is 26.2 Å². The van der Waals surface area contributed by atoms with Crippen LogP contribution >= 0.6 is 0 Å². The third-order valence-corrected chi connectivity index (χ3v) is 6.17. The largest absolute Gasteiger partial charge is 0.465 e. The van der Waals surface area contributed by atoms with Crippen LogP contribution in [0, 0.1) is 5.92 Å². The molecule has 1 fully saturated rings. The number of esters is 1. The second kappa shape index (κ2) is 11.6. The Morgan fingerprint density at radius 2 is 2.03 bits per heavy atom. The molecule has 1 saturated carbocycles. The van der Waals surface area contributed by atoms with E-state index in [-0.39, 0.29) is 18.3 Å². The lowest BCUT2D eigenvalue weighted by atomic mass is 10.0. The van der Waals surface area contributed by atoms with E-state index in [4.69, 9.17) is 10.5 Å². The van der Waals surface area contributed by atoms with Crippen molar-refractivity contribution in [1.29, 1.82) is 0 Å². The highest BCUT2D eigenvalue weighted by atomic mass is 16.5. The second-order valence-electron chi connectivity index (χ2n) is 8.73. The Kier molecular flexibility index (Phi) is 8.09. The molecule has 3 aromatic rings. The van der Waals surface area contributed by atoms with Crippen molar-refractivity contribution in [2.24, 2.45) is 16.6 Å². The fraction of sp³-hybridized carbons (Fsp3) is 0.296. The number of aromatic nitrogens is 2. The van der Waals surface area contributed by atoms with Crippen molar-refractivity contribution in [3.63, 3.8) is 0 Å². The minimum atomic E-state index is -0.492. The van der Waals surface area contributed by atoms with Crippen molar-refractivity contribution < 1.29 is 19.4 Å². The van der Waals surface area contributed by atoms with Crippen LogP contribution in [0.3, 0.4) is 0 Å². The van der Waals surface area contributed by atoms with Crippen LogP contribution in [0.1, 0.15) is 41.2 Å². The standard InChI is InChI=1S/C27H30N6O4/c1-29-23(16-9-10-16)14-21(28)26(35)32-18-6-3-5-17(13-18)22(11-12-34)33-25-19-7-4-8-20(27(36)37-2)24(19)30-15-31-25/h3-8,13-16,22,34H,9-12,28H2,1-2H3,(H,32,35)(H,30,31,33)/b21-14-,29-23+. The van der Waals surface area contributed by atoms with Gasteiger partial charge in [0.25, 0.3) is 5.91 Å².